The van der Waals surface area contributed by atoms with Crippen LogP contribution in [0.5, 0.6) is 0 Å². The van der Waals surface area contributed by atoms with Crippen LogP contribution < -0.4 is 11.1 Å². The van der Waals surface area contributed by atoms with Crippen molar-refractivity contribution in [1.82, 2.24) is 5.32 Å². The number of primary amides is 1. The number of amides is 1. The van der Waals surface area contributed by atoms with Crippen LogP contribution in [0.25, 0.3) is 0 Å². The zero-order valence-electron chi connectivity index (χ0n) is 8.11. The molecule has 0 radical (unpaired) electrons. The summed E-state index contributed by atoms with van der Waals surface area (Å²) >= 11 is 0. The van der Waals surface area contributed by atoms with Gasteiger partial charge in [0.15, 0.2) is 0 Å². The van der Waals surface area contributed by atoms with Crippen LogP contribution in [0.1, 0.15) is 5.56 Å². The summed E-state index contributed by atoms with van der Waals surface area (Å²) in [7, 11) is 0. The van der Waals surface area contributed by atoms with Crippen LogP contribution in [0, 0.1) is 5.82 Å². The third-order valence-corrected chi connectivity index (χ3v) is 1.88. The van der Waals surface area contributed by atoms with Gasteiger partial charge in [-0.25, -0.2) is 4.39 Å². The molecule has 1 atom stereocenters. The lowest BCUT2D eigenvalue weighted by molar-refractivity contribution is -0.125. The first kappa shape index (κ1) is 11.6. The first-order chi connectivity index (χ1) is 7.09. The molecule has 82 valence electrons. The summed E-state index contributed by atoms with van der Waals surface area (Å²) in [4.78, 5) is 10.5. The number of aliphatic hydroxyl groups excluding tert-OH is 1. The van der Waals surface area contributed by atoms with E-state index in [1.54, 1.807) is 12.1 Å². The molecule has 15 heavy (non-hydrogen) atoms. The Labute approximate surface area is 86.9 Å². The van der Waals surface area contributed by atoms with Crippen molar-refractivity contribution in [2.75, 3.05) is 6.54 Å². The van der Waals surface area contributed by atoms with Gasteiger partial charge in [-0.3, -0.25) is 4.79 Å². The highest BCUT2D eigenvalue weighted by Gasteiger charge is 2.09. The summed E-state index contributed by atoms with van der Waals surface area (Å²) in [6.07, 6.45) is -1.21. The van der Waals surface area contributed by atoms with Gasteiger partial charge in [0.1, 0.15) is 11.9 Å². The van der Waals surface area contributed by atoms with Crippen LogP contribution >= 0.6 is 0 Å². The molecule has 1 aromatic rings. The van der Waals surface area contributed by atoms with E-state index in [0.717, 1.165) is 5.56 Å². The molecule has 0 bridgehead atoms. The lowest BCUT2D eigenvalue weighted by Crippen LogP contribution is -2.37. The largest absolute Gasteiger partial charge is 0.382 e. The maximum Gasteiger partial charge on any atom is 0.247 e. The van der Waals surface area contributed by atoms with Gasteiger partial charge in [-0.15, -0.1) is 0 Å². The zero-order chi connectivity index (χ0) is 11.3. The Morgan fingerprint density at radius 3 is 2.93 bits per heavy atom. The van der Waals surface area contributed by atoms with E-state index < -0.39 is 12.0 Å². The predicted octanol–water partition coefficient (Wildman–Crippen LogP) is -0.239. The predicted molar refractivity (Wildman–Crippen MR) is 53.3 cm³/mol. The monoisotopic (exact) mass is 212 g/mol. The number of aliphatic hydroxyl groups is 1. The minimum absolute atomic E-state index is 0.0614. The number of nitrogens with two attached hydrogens (primary N) is 1. The van der Waals surface area contributed by atoms with Gasteiger partial charge in [0.2, 0.25) is 5.91 Å². The van der Waals surface area contributed by atoms with E-state index in [4.69, 9.17) is 10.8 Å². The second-order valence-electron chi connectivity index (χ2n) is 3.18. The molecule has 1 unspecified atom stereocenters. The Morgan fingerprint density at radius 1 is 1.60 bits per heavy atom. The van der Waals surface area contributed by atoms with E-state index in [1.807, 2.05) is 0 Å². The molecule has 1 amide bonds. The maximum absolute atomic E-state index is 12.7. The molecule has 4 nitrogen and oxygen atoms in total. The standard InChI is InChI=1S/C10H13FN2O2/c11-8-3-1-2-7(4-8)5-13-6-9(14)10(12)15/h1-4,9,13-14H,5-6H2,(H2,12,15). The van der Waals surface area contributed by atoms with Crippen molar-refractivity contribution < 1.29 is 14.3 Å². The number of hydrogen-bond donors (Lipinski definition) is 3. The summed E-state index contributed by atoms with van der Waals surface area (Å²) in [5.41, 5.74) is 5.59. The molecule has 0 saturated heterocycles. The van der Waals surface area contributed by atoms with E-state index in [2.05, 4.69) is 5.32 Å². The maximum atomic E-state index is 12.7. The molecule has 1 aromatic carbocycles. The van der Waals surface area contributed by atoms with Crippen molar-refractivity contribution in [2.24, 2.45) is 5.73 Å². The number of hydrogen-bond acceptors (Lipinski definition) is 3. The van der Waals surface area contributed by atoms with Crippen LogP contribution in [0.3, 0.4) is 0 Å². The molecule has 0 spiro atoms. The van der Waals surface area contributed by atoms with Crippen LogP contribution in [-0.2, 0) is 11.3 Å². The third kappa shape index (κ3) is 4.05. The molecule has 0 fully saturated rings. The number of rotatable bonds is 5. The molecule has 4 N–H and O–H groups in total. The van der Waals surface area contributed by atoms with Gasteiger partial charge < -0.3 is 16.2 Å². The van der Waals surface area contributed by atoms with Gasteiger partial charge in [0.05, 0.1) is 0 Å². The van der Waals surface area contributed by atoms with E-state index in [0.29, 0.717) is 6.54 Å². The number of carbonyl (C=O) groups is 1. The molecular weight excluding hydrogens is 199 g/mol. The topological polar surface area (TPSA) is 75.4 Å². The average Bonchev–Trinajstić information content (AvgIpc) is 2.17. The second kappa shape index (κ2) is 5.43. The van der Waals surface area contributed by atoms with E-state index in [1.165, 1.54) is 12.1 Å². The molecule has 0 aliphatic rings. The average molecular weight is 212 g/mol. The summed E-state index contributed by atoms with van der Waals surface area (Å²) in [6, 6.07) is 6.06. The van der Waals surface area contributed by atoms with Crippen LogP contribution in [0.4, 0.5) is 4.39 Å². The molecule has 1 rings (SSSR count). The lowest BCUT2D eigenvalue weighted by atomic mass is 10.2. The molecule has 0 heterocycles. The van der Waals surface area contributed by atoms with Crippen LogP contribution in [0.2, 0.25) is 0 Å². The molecule has 0 aliphatic carbocycles. The highest BCUT2D eigenvalue weighted by atomic mass is 19.1. The smallest absolute Gasteiger partial charge is 0.247 e. The van der Waals surface area contributed by atoms with Gasteiger partial charge in [-0.05, 0) is 17.7 Å². The van der Waals surface area contributed by atoms with Crippen molar-refractivity contribution >= 4 is 5.91 Å². The first-order valence-electron chi connectivity index (χ1n) is 4.52. The minimum Gasteiger partial charge on any atom is -0.382 e. The quantitative estimate of drug-likeness (QED) is 0.630. The van der Waals surface area contributed by atoms with Gasteiger partial charge >= 0.3 is 0 Å². The Hall–Kier alpha value is -1.46. The number of carbonyl (C=O) groups excluding carboxylic acids is 1. The Morgan fingerprint density at radius 2 is 2.33 bits per heavy atom. The minimum atomic E-state index is -1.21. The van der Waals surface area contributed by atoms with Crippen molar-refractivity contribution in [3.8, 4) is 0 Å². The molecule has 5 heteroatoms. The lowest BCUT2D eigenvalue weighted by Gasteiger charge is -2.08. The van der Waals surface area contributed by atoms with E-state index in [-0.39, 0.29) is 12.4 Å². The normalized spacial score (nSPS) is 12.4. The molecular formula is C10H13FN2O2. The number of benzene rings is 1. The van der Waals surface area contributed by atoms with Crippen LogP contribution in [-0.4, -0.2) is 23.7 Å². The van der Waals surface area contributed by atoms with Gasteiger partial charge in [-0.2, -0.15) is 0 Å². The van der Waals surface area contributed by atoms with Crippen LogP contribution in [0.15, 0.2) is 24.3 Å². The fourth-order valence-corrected chi connectivity index (χ4v) is 1.10. The fraction of sp³-hybridized carbons (Fsp3) is 0.300. The van der Waals surface area contributed by atoms with E-state index in [9.17, 15) is 9.18 Å². The summed E-state index contributed by atoms with van der Waals surface area (Å²) in [5.74, 6) is -1.09. The summed E-state index contributed by atoms with van der Waals surface area (Å²) < 4.78 is 12.7. The third-order valence-electron chi connectivity index (χ3n) is 1.88. The van der Waals surface area contributed by atoms with Crippen molar-refractivity contribution in [3.05, 3.63) is 35.6 Å². The molecule has 0 aromatic heterocycles. The summed E-state index contributed by atoms with van der Waals surface area (Å²) in [6.45, 7) is 0.438. The second-order valence-corrected chi connectivity index (χ2v) is 3.18. The first-order valence-corrected chi connectivity index (χ1v) is 4.52. The zero-order valence-corrected chi connectivity index (χ0v) is 8.11. The number of halogens is 1. The fourth-order valence-electron chi connectivity index (χ4n) is 1.10. The highest BCUT2D eigenvalue weighted by molar-refractivity contribution is 5.78. The Balaban J connectivity index is 2.35. The van der Waals surface area contributed by atoms with Gasteiger partial charge in [0, 0.05) is 13.1 Å². The van der Waals surface area contributed by atoms with Gasteiger partial charge in [0.25, 0.3) is 0 Å². The van der Waals surface area contributed by atoms with E-state index >= 15 is 0 Å². The van der Waals surface area contributed by atoms with Crippen molar-refractivity contribution in [2.45, 2.75) is 12.6 Å². The number of nitrogens with one attached hydrogen (secondary N) is 1. The Kier molecular flexibility index (Phi) is 4.20. The molecule has 0 saturated carbocycles. The van der Waals surface area contributed by atoms with Crippen molar-refractivity contribution in [3.63, 3.8) is 0 Å². The SMILES string of the molecule is NC(=O)C(O)CNCc1cccc(F)c1. The van der Waals surface area contributed by atoms with Gasteiger partial charge in [-0.1, -0.05) is 12.1 Å². The Bertz CT molecular complexity index is 344. The highest BCUT2D eigenvalue weighted by Crippen LogP contribution is 2.02. The van der Waals surface area contributed by atoms with Crippen molar-refractivity contribution in [1.29, 1.82) is 0 Å². The summed E-state index contributed by atoms with van der Waals surface area (Å²) in [5, 5.41) is 11.8. The molecule has 0 aliphatic heterocycles.